The van der Waals surface area contributed by atoms with Gasteiger partial charge in [-0.1, -0.05) is 39.0 Å². The van der Waals surface area contributed by atoms with Gasteiger partial charge in [-0.3, -0.25) is 9.69 Å². The Bertz CT molecular complexity index is 919. The lowest BCUT2D eigenvalue weighted by Gasteiger charge is -2.21. The average molecular weight is 334 g/mol. The predicted octanol–water partition coefficient (Wildman–Crippen LogP) is 3.91. The summed E-state index contributed by atoms with van der Waals surface area (Å²) < 4.78 is 0. The topological polar surface area (TPSA) is 81.4 Å². The summed E-state index contributed by atoms with van der Waals surface area (Å²) in [6, 6.07) is 13.1. The van der Waals surface area contributed by atoms with Gasteiger partial charge in [0.1, 0.15) is 0 Å². The van der Waals surface area contributed by atoms with Gasteiger partial charge in [0.15, 0.2) is 6.04 Å². The number of aromatic carboxylic acids is 1. The van der Waals surface area contributed by atoms with Gasteiger partial charge in [-0.15, -0.1) is 0 Å². The number of rotatable bonds is 2. The molecule has 0 bridgehead atoms. The molecule has 0 radical (unpaired) electrons. The van der Waals surface area contributed by atoms with Crippen molar-refractivity contribution in [2.75, 3.05) is 4.90 Å². The third-order valence-electron chi connectivity index (χ3n) is 4.41. The van der Waals surface area contributed by atoms with E-state index in [-0.39, 0.29) is 16.9 Å². The van der Waals surface area contributed by atoms with E-state index < -0.39 is 12.0 Å². The Morgan fingerprint density at radius 2 is 1.92 bits per heavy atom. The Kier molecular flexibility index (Phi) is 3.84. The molecule has 1 aliphatic heterocycles. The van der Waals surface area contributed by atoms with Crippen LogP contribution in [0.3, 0.4) is 0 Å². The number of nitriles is 1. The highest BCUT2D eigenvalue weighted by atomic mass is 16.4. The second kappa shape index (κ2) is 5.75. The Morgan fingerprint density at radius 3 is 2.52 bits per heavy atom. The summed E-state index contributed by atoms with van der Waals surface area (Å²) in [5.41, 5.74) is 2.58. The molecule has 0 saturated carbocycles. The molecule has 1 amide bonds. The first-order chi connectivity index (χ1) is 11.7. The average Bonchev–Trinajstić information content (AvgIpc) is 2.85. The highest BCUT2D eigenvalue weighted by Crippen LogP contribution is 2.39. The molecule has 1 N–H and O–H groups in total. The molecule has 1 atom stereocenters. The molecule has 1 heterocycles. The number of carbonyl (C=O) groups is 2. The molecule has 126 valence electrons. The lowest BCUT2D eigenvalue weighted by atomic mass is 9.85. The molecule has 5 nitrogen and oxygen atoms in total. The van der Waals surface area contributed by atoms with Crippen molar-refractivity contribution in [1.29, 1.82) is 5.26 Å². The largest absolute Gasteiger partial charge is 0.478 e. The van der Waals surface area contributed by atoms with Crippen molar-refractivity contribution < 1.29 is 14.7 Å². The molecule has 5 heteroatoms. The van der Waals surface area contributed by atoms with Crippen LogP contribution in [0.5, 0.6) is 0 Å². The van der Waals surface area contributed by atoms with Crippen molar-refractivity contribution in [2.24, 2.45) is 0 Å². The van der Waals surface area contributed by atoms with Crippen molar-refractivity contribution in [1.82, 2.24) is 0 Å². The number of hydrogen-bond donors (Lipinski definition) is 1. The summed E-state index contributed by atoms with van der Waals surface area (Å²) >= 11 is 0. The number of amides is 1. The van der Waals surface area contributed by atoms with Crippen LogP contribution < -0.4 is 4.90 Å². The molecule has 0 aromatic heterocycles. The molecule has 2 aromatic carbocycles. The first-order valence-corrected chi connectivity index (χ1v) is 7.95. The van der Waals surface area contributed by atoms with Crippen LogP contribution >= 0.6 is 0 Å². The monoisotopic (exact) mass is 334 g/mol. The molecule has 0 fully saturated rings. The zero-order valence-corrected chi connectivity index (χ0v) is 14.3. The summed E-state index contributed by atoms with van der Waals surface area (Å²) in [4.78, 5) is 25.4. The molecule has 3 rings (SSSR count). The van der Waals surface area contributed by atoms with Gasteiger partial charge in [0.2, 0.25) is 0 Å². The molecular weight excluding hydrogens is 316 g/mol. The smallest absolute Gasteiger partial charge is 0.335 e. The van der Waals surface area contributed by atoms with Crippen LogP contribution in [0.1, 0.15) is 58.7 Å². The van der Waals surface area contributed by atoms with E-state index in [1.165, 1.54) is 17.0 Å². The van der Waals surface area contributed by atoms with Gasteiger partial charge in [-0.05, 0) is 35.2 Å². The van der Waals surface area contributed by atoms with Gasteiger partial charge in [-0.2, -0.15) is 5.26 Å². The molecule has 1 unspecified atom stereocenters. The van der Waals surface area contributed by atoms with Crippen molar-refractivity contribution in [3.63, 3.8) is 0 Å². The maximum absolute atomic E-state index is 12.8. The number of nitrogens with zero attached hydrogens (tertiary/aromatic N) is 2. The molecule has 25 heavy (non-hydrogen) atoms. The van der Waals surface area contributed by atoms with Gasteiger partial charge in [0, 0.05) is 16.8 Å². The maximum atomic E-state index is 12.8. The van der Waals surface area contributed by atoms with E-state index in [0.29, 0.717) is 16.8 Å². The minimum Gasteiger partial charge on any atom is -0.478 e. The summed E-state index contributed by atoms with van der Waals surface area (Å²) in [7, 11) is 0. The van der Waals surface area contributed by atoms with Crippen molar-refractivity contribution >= 4 is 17.6 Å². The number of fused-ring (bicyclic) bond motifs is 1. The third-order valence-corrected chi connectivity index (χ3v) is 4.41. The molecule has 1 aliphatic rings. The summed E-state index contributed by atoms with van der Waals surface area (Å²) in [5, 5.41) is 18.8. The first kappa shape index (κ1) is 16.7. The summed E-state index contributed by atoms with van der Waals surface area (Å²) in [6.07, 6.45) is 0. The Labute approximate surface area is 146 Å². The number of benzene rings is 2. The molecule has 0 spiro atoms. The fourth-order valence-corrected chi connectivity index (χ4v) is 3.02. The standard InChI is InChI=1S/C20H18N2O3/c1-20(2,3)13-7-8-15-16(10-13)17(11-21)22(18(15)23)14-6-4-5-12(9-14)19(24)25/h4-10,17H,1-3H3,(H,24,25). The zero-order valence-electron chi connectivity index (χ0n) is 14.3. The SMILES string of the molecule is CC(C)(C)c1ccc2c(c1)C(C#N)N(c1cccc(C(=O)O)c1)C2=O. The van der Waals surface area contributed by atoms with Crippen molar-refractivity contribution in [3.05, 3.63) is 64.7 Å². The van der Waals surface area contributed by atoms with Crippen LogP contribution in [-0.2, 0) is 5.41 Å². The maximum Gasteiger partial charge on any atom is 0.335 e. The Balaban J connectivity index is 2.12. The van der Waals surface area contributed by atoms with Gasteiger partial charge >= 0.3 is 5.97 Å². The minimum atomic E-state index is -1.07. The predicted molar refractivity (Wildman–Crippen MR) is 93.7 cm³/mol. The fraction of sp³-hybridized carbons (Fsp3) is 0.250. The highest BCUT2D eigenvalue weighted by molar-refractivity contribution is 6.12. The van der Waals surface area contributed by atoms with E-state index >= 15 is 0 Å². The van der Waals surface area contributed by atoms with Gasteiger partial charge in [-0.25, -0.2) is 4.79 Å². The van der Waals surface area contributed by atoms with Gasteiger partial charge in [0.25, 0.3) is 5.91 Å². The summed E-state index contributed by atoms with van der Waals surface area (Å²) in [5.74, 6) is -1.36. The van der Waals surface area contributed by atoms with Crippen LogP contribution in [0.2, 0.25) is 0 Å². The number of carboxylic acids is 1. The molecule has 0 saturated heterocycles. The second-order valence-corrected chi connectivity index (χ2v) is 7.11. The normalized spacial score (nSPS) is 16.5. The van der Waals surface area contributed by atoms with E-state index in [1.54, 1.807) is 18.2 Å². The first-order valence-electron chi connectivity index (χ1n) is 7.95. The Hall–Kier alpha value is -3.13. The van der Waals surface area contributed by atoms with Crippen LogP contribution in [0.15, 0.2) is 42.5 Å². The van der Waals surface area contributed by atoms with E-state index in [1.807, 2.05) is 12.1 Å². The highest BCUT2D eigenvalue weighted by Gasteiger charge is 2.38. The van der Waals surface area contributed by atoms with Crippen LogP contribution in [0.25, 0.3) is 0 Å². The molecule has 2 aromatic rings. The third kappa shape index (κ3) is 2.76. The van der Waals surface area contributed by atoms with Gasteiger partial charge < -0.3 is 5.11 Å². The van der Waals surface area contributed by atoms with E-state index in [2.05, 4.69) is 26.8 Å². The van der Waals surface area contributed by atoms with Crippen LogP contribution in [0, 0.1) is 11.3 Å². The summed E-state index contributed by atoms with van der Waals surface area (Å²) in [6.45, 7) is 6.21. The van der Waals surface area contributed by atoms with Crippen LogP contribution in [-0.4, -0.2) is 17.0 Å². The van der Waals surface area contributed by atoms with E-state index in [0.717, 1.165) is 5.56 Å². The van der Waals surface area contributed by atoms with E-state index in [9.17, 15) is 20.0 Å². The number of carbonyl (C=O) groups excluding carboxylic acids is 1. The van der Waals surface area contributed by atoms with Crippen molar-refractivity contribution in [2.45, 2.75) is 32.2 Å². The Morgan fingerprint density at radius 1 is 1.20 bits per heavy atom. The van der Waals surface area contributed by atoms with Crippen molar-refractivity contribution in [3.8, 4) is 6.07 Å². The minimum absolute atomic E-state index is 0.0772. The van der Waals surface area contributed by atoms with Crippen LogP contribution in [0.4, 0.5) is 5.69 Å². The number of anilines is 1. The molecule has 0 aliphatic carbocycles. The fourth-order valence-electron chi connectivity index (χ4n) is 3.02. The number of carboxylic acid groups (broad SMARTS) is 1. The quantitative estimate of drug-likeness (QED) is 0.903. The number of hydrogen-bond acceptors (Lipinski definition) is 3. The second-order valence-electron chi connectivity index (χ2n) is 7.11. The van der Waals surface area contributed by atoms with Gasteiger partial charge in [0.05, 0.1) is 11.6 Å². The molecular formula is C20H18N2O3. The van der Waals surface area contributed by atoms with E-state index in [4.69, 9.17) is 0 Å². The lowest BCUT2D eigenvalue weighted by Crippen LogP contribution is -2.27. The zero-order chi connectivity index (χ0) is 18.4. The lowest BCUT2D eigenvalue weighted by molar-refractivity contribution is 0.0696.